The highest BCUT2D eigenvalue weighted by Gasteiger charge is 2.74. The van der Waals surface area contributed by atoms with Gasteiger partial charge < -0.3 is 4.74 Å². The minimum absolute atomic E-state index is 0.00344. The maximum Gasteiger partial charge on any atom is 0.201 e. The predicted octanol–water partition coefficient (Wildman–Crippen LogP) is 4.86. The Balaban J connectivity index is 1.94. The first-order valence-corrected chi connectivity index (χ1v) is 10.3. The Bertz CT molecular complexity index is 732. The van der Waals surface area contributed by atoms with Gasteiger partial charge >= 0.3 is 0 Å². The number of rotatable bonds is 2. The Morgan fingerprint density at radius 2 is 1.96 bits per heavy atom. The Morgan fingerprint density at radius 3 is 2.65 bits per heavy atom. The second kappa shape index (κ2) is 5.56. The first-order chi connectivity index (χ1) is 12.2. The fourth-order valence-corrected chi connectivity index (χ4v) is 7.52. The van der Waals surface area contributed by atoms with Crippen molar-refractivity contribution in [2.45, 2.75) is 66.7 Å². The van der Waals surface area contributed by atoms with E-state index < -0.39 is 0 Å². The standard InChI is InChI=1S/C23H32O3/c1-6-26-18-12-17(24)16-13-22(5)15(3)9-11-21(4)14(2)8-7-10-23(21,22)19(16)20(18)25/h8,12,15-16,19H,6-7,9-11,13H2,1-5H3/t15?,16-,19-,21?,22?,23?/m0/s1. The van der Waals surface area contributed by atoms with Crippen molar-refractivity contribution in [3.63, 3.8) is 0 Å². The van der Waals surface area contributed by atoms with Crippen LogP contribution in [-0.4, -0.2) is 18.2 Å². The molecule has 1 spiro atoms. The average Bonchev–Trinajstić information content (AvgIpc) is 2.88. The zero-order valence-corrected chi connectivity index (χ0v) is 16.9. The summed E-state index contributed by atoms with van der Waals surface area (Å²) in [6.45, 7) is 11.7. The third kappa shape index (κ3) is 1.85. The second-order valence-electron chi connectivity index (χ2n) is 9.58. The average molecular weight is 357 g/mol. The van der Waals surface area contributed by atoms with E-state index in [0.29, 0.717) is 18.3 Å². The van der Waals surface area contributed by atoms with Crippen molar-refractivity contribution in [1.29, 1.82) is 0 Å². The number of carbonyl (C=O) groups is 2. The lowest BCUT2D eigenvalue weighted by molar-refractivity contribution is -0.159. The van der Waals surface area contributed by atoms with Crippen molar-refractivity contribution in [2.24, 2.45) is 34.0 Å². The largest absolute Gasteiger partial charge is 0.490 e. The van der Waals surface area contributed by atoms with Gasteiger partial charge in [-0.15, -0.1) is 0 Å². The smallest absolute Gasteiger partial charge is 0.201 e. The van der Waals surface area contributed by atoms with Crippen LogP contribution in [0.5, 0.6) is 0 Å². The number of ether oxygens (including phenoxy) is 1. The normalized spacial score (nSPS) is 47.5. The molecule has 142 valence electrons. The molecule has 4 aliphatic rings. The molecule has 0 aromatic rings. The van der Waals surface area contributed by atoms with Crippen LogP contribution in [0.1, 0.15) is 66.7 Å². The lowest BCUT2D eigenvalue weighted by Crippen LogP contribution is -2.60. The van der Waals surface area contributed by atoms with Crippen molar-refractivity contribution in [3.8, 4) is 0 Å². The van der Waals surface area contributed by atoms with Crippen LogP contribution in [0.4, 0.5) is 0 Å². The van der Waals surface area contributed by atoms with E-state index in [9.17, 15) is 9.59 Å². The van der Waals surface area contributed by atoms with Crippen molar-refractivity contribution >= 4 is 11.6 Å². The molecule has 3 nitrogen and oxygen atoms in total. The van der Waals surface area contributed by atoms with E-state index in [1.165, 1.54) is 18.1 Å². The van der Waals surface area contributed by atoms with E-state index in [2.05, 4.69) is 33.8 Å². The third-order valence-electron chi connectivity index (χ3n) is 9.07. The molecule has 4 unspecified atom stereocenters. The molecule has 2 saturated carbocycles. The molecule has 6 atom stereocenters. The summed E-state index contributed by atoms with van der Waals surface area (Å²) < 4.78 is 5.63. The molecule has 0 aromatic heterocycles. The Morgan fingerprint density at radius 1 is 1.23 bits per heavy atom. The van der Waals surface area contributed by atoms with Gasteiger partial charge in [-0.1, -0.05) is 32.4 Å². The minimum Gasteiger partial charge on any atom is -0.490 e. The first kappa shape index (κ1) is 18.0. The molecule has 4 aliphatic carbocycles. The van der Waals surface area contributed by atoms with Crippen molar-refractivity contribution in [3.05, 3.63) is 23.5 Å². The molecule has 0 bridgehead atoms. The van der Waals surface area contributed by atoms with Gasteiger partial charge in [0.05, 0.1) is 6.61 Å². The highest BCUT2D eigenvalue weighted by Crippen LogP contribution is 2.78. The first-order valence-electron chi connectivity index (χ1n) is 10.3. The maximum atomic E-state index is 13.6. The summed E-state index contributed by atoms with van der Waals surface area (Å²) in [7, 11) is 0. The van der Waals surface area contributed by atoms with Gasteiger partial charge in [-0.3, -0.25) is 9.59 Å². The Hall–Kier alpha value is -1.38. The summed E-state index contributed by atoms with van der Waals surface area (Å²) in [5, 5.41) is 0. The van der Waals surface area contributed by atoms with Gasteiger partial charge in [0.15, 0.2) is 11.5 Å². The molecule has 26 heavy (non-hydrogen) atoms. The van der Waals surface area contributed by atoms with Crippen LogP contribution in [0.3, 0.4) is 0 Å². The van der Waals surface area contributed by atoms with E-state index in [1.54, 1.807) is 0 Å². The van der Waals surface area contributed by atoms with Crippen molar-refractivity contribution < 1.29 is 14.3 Å². The summed E-state index contributed by atoms with van der Waals surface area (Å²) in [6.07, 6.45) is 9.05. The molecule has 4 rings (SSSR count). The van der Waals surface area contributed by atoms with Gasteiger partial charge in [0, 0.05) is 17.9 Å². The fourth-order valence-electron chi connectivity index (χ4n) is 7.52. The van der Waals surface area contributed by atoms with E-state index in [-0.39, 0.29) is 39.6 Å². The molecule has 2 fully saturated rings. The SMILES string of the molecule is CCOC1=CC(=O)[C@@H]2CC3(C)C(C)CCC4(C)C(C)=CCCC43[C@@H]2C1=O. The zero-order valence-electron chi connectivity index (χ0n) is 16.9. The highest BCUT2D eigenvalue weighted by atomic mass is 16.5. The van der Waals surface area contributed by atoms with Gasteiger partial charge in [0.25, 0.3) is 0 Å². The lowest BCUT2D eigenvalue weighted by Gasteiger charge is -2.65. The molecule has 0 radical (unpaired) electrons. The molecule has 0 heterocycles. The van der Waals surface area contributed by atoms with Crippen molar-refractivity contribution in [1.82, 2.24) is 0 Å². The number of ketones is 2. The van der Waals surface area contributed by atoms with Gasteiger partial charge in [-0.2, -0.15) is 0 Å². The van der Waals surface area contributed by atoms with Gasteiger partial charge in [0.2, 0.25) is 5.78 Å². The van der Waals surface area contributed by atoms with E-state index in [0.717, 1.165) is 25.7 Å². The number of Topliss-reactive ketones (excluding diaryl/α,β-unsaturated/α-hetero) is 1. The predicted molar refractivity (Wildman–Crippen MR) is 101 cm³/mol. The summed E-state index contributed by atoms with van der Waals surface area (Å²) in [4.78, 5) is 26.6. The van der Waals surface area contributed by atoms with Crippen LogP contribution in [0.25, 0.3) is 0 Å². The Labute approximate surface area is 157 Å². The maximum absolute atomic E-state index is 13.6. The summed E-state index contributed by atoms with van der Waals surface area (Å²) >= 11 is 0. The molecule has 0 aliphatic heterocycles. The van der Waals surface area contributed by atoms with Crippen LogP contribution in [-0.2, 0) is 14.3 Å². The monoisotopic (exact) mass is 356 g/mol. The molecule has 0 N–H and O–H groups in total. The summed E-state index contributed by atoms with van der Waals surface area (Å²) in [5.74, 6) is 0.666. The van der Waals surface area contributed by atoms with Gasteiger partial charge in [-0.25, -0.2) is 0 Å². The number of carbonyl (C=O) groups excluding carboxylic acids is 2. The van der Waals surface area contributed by atoms with Crippen molar-refractivity contribution in [2.75, 3.05) is 6.61 Å². The molecular formula is C23H32O3. The molecule has 0 saturated heterocycles. The van der Waals surface area contributed by atoms with Crippen LogP contribution >= 0.6 is 0 Å². The van der Waals surface area contributed by atoms with Gasteiger partial charge in [0.1, 0.15) is 0 Å². The summed E-state index contributed by atoms with van der Waals surface area (Å²) in [6, 6.07) is 0. The second-order valence-corrected chi connectivity index (χ2v) is 9.58. The van der Waals surface area contributed by atoms with Crippen LogP contribution < -0.4 is 0 Å². The van der Waals surface area contributed by atoms with Gasteiger partial charge in [-0.05, 0) is 68.1 Å². The van der Waals surface area contributed by atoms with E-state index >= 15 is 0 Å². The van der Waals surface area contributed by atoms with E-state index in [1.807, 2.05) is 6.92 Å². The topological polar surface area (TPSA) is 43.4 Å². The summed E-state index contributed by atoms with van der Waals surface area (Å²) in [5.41, 5.74) is 1.31. The molecular weight excluding hydrogens is 324 g/mol. The van der Waals surface area contributed by atoms with Crippen LogP contribution in [0.2, 0.25) is 0 Å². The quantitative estimate of drug-likeness (QED) is 0.663. The molecule has 0 amide bonds. The number of hydrogen-bond donors (Lipinski definition) is 0. The molecule has 0 aromatic carbocycles. The number of allylic oxidation sites excluding steroid dienone is 4. The van der Waals surface area contributed by atoms with Crippen LogP contribution in [0.15, 0.2) is 23.5 Å². The highest BCUT2D eigenvalue weighted by molar-refractivity contribution is 6.10. The van der Waals surface area contributed by atoms with E-state index in [4.69, 9.17) is 4.74 Å². The third-order valence-corrected chi connectivity index (χ3v) is 9.07. The Kier molecular flexibility index (Phi) is 3.85. The molecule has 3 heteroatoms. The number of fused-ring (bicyclic) bond motifs is 1. The zero-order chi connectivity index (χ0) is 18.9. The minimum atomic E-state index is -0.219. The fraction of sp³-hybridized carbons (Fsp3) is 0.739. The van der Waals surface area contributed by atoms with Crippen LogP contribution in [0, 0.1) is 34.0 Å². The lowest BCUT2D eigenvalue weighted by atomic mass is 9.38. The number of hydrogen-bond acceptors (Lipinski definition) is 3.